The van der Waals surface area contributed by atoms with Gasteiger partial charge in [-0.05, 0) is 11.1 Å². The molecule has 180 valence electrons. The predicted molar refractivity (Wildman–Crippen MR) is 115 cm³/mol. The van der Waals surface area contributed by atoms with Crippen LogP contribution in [-0.4, -0.2) is 54.9 Å². The molecule has 0 amide bonds. The first-order valence-corrected chi connectivity index (χ1v) is 11.3. The molecule has 34 heavy (non-hydrogen) atoms. The van der Waals surface area contributed by atoms with Crippen molar-refractivity contribution < 1.29 is 37.3 Å². The molecule has 1 aliphatic rings. The highest BCUT2D eigenvalue weighted by atomic mass is 32.2. The van der Waals surface area contributed by atoms with Crippen LogP contribution in [0.15, 0.2) is 48.5 Å². The molecule has 1 aliphatic heterocycles. The highest BCUT2D eigenvalue weighted by Crippen LogP contribution is 2.39. The van der Waals surface area contributed by atoms with Crippen molar-refractivity contribution in [3.63, 3.8) is 0 Å². The molecule has 0 aliphatic carbocycles. The molecular weight excluding hydrogens is 474 g/mol. The first kappa shape index (κ1) is 24.7. The van der Waals surface area contributed by atoms with E-state index in [0.29, 0.717) is 0 Å². The van der Waals surface area contributed by atoms with Gasteiger partial charge in [0, 0.05) is 24.3 Å². The number of non-ortho nitro benzene ring substituents is 2. The minimum Gasteiger partial charge on any atom is -0.468 e. The van der Waals surface area contributed by atoms with Crippen LogP contribution in [0.3, 0.4) is 0 Å². The maximum absolute atomic E-state index is 13.6. The van der Waals surface area contributed by atoms with Gasteiger partial charge in [-0.1, -0.05) is 24.3 Å². The van der Waals surface area contributed by atoms with Crippen LogP contribution in [0.25, 0.3) is 0 Å². The normalized spacial score (nSPS) is 23.5. The molecule has 2 aromatic rings. The predicted octanol–water partition coefficient (Wildman–Crippen LogP) is 1.39. The van der Waals surface area contributed by atoms with E-state index in [1.807, 2.05) is 0 Å². The molecule has 1 saturated heterocycles. The number of carbonyl (C=O) groups excluding carboxylic acids is 2. The summed E-state index contributed by atoms with van der Waals surface area (Å²) in [7, 11) is -2.64. The van der Waals surface area contributed by atoms with Crippen LogP contribution in [-0.2, 0) is 28.9 Å². The number of nitrogens with zero attached hydrogens (tertiary/aromatic N) is 2. The zero-order chi connectivity index (χ0) is 25.2. The maximum Gasteiger partial charge on any atom is 0.326 e. The minimum atomic E-state index is -4.61. The molecule has 0 bridgehead atoms. The van der Waals surface area contributed by atoms with Crippen LogP contribution in [0, 0.1) is 20.2 Å². The van der Waals surface area contributed by atoms with Crippen molar-refractivity contribution in [1.29, 1.82) is 0 Å². The van der Waals surface area contributed by atoms with Crippen molar-refractivity contribution in [2.75, 3.05) is 14.2 Å². The minimum absolute atomic E-state index is 0.208. The molecule has 1 heterocycles. The average Bonchev–Trinajstić information content (AvgIpc) is 2.82. The number of ether oxygens (including phenoxy) is 2. The number of benzene rings is 2. The monoisotopic (exact) mass is 493 g/mol. The number of nitro groups is 2. The molecule has 13 nitrogen and oxygen atoms in total. The van der Waals surface area contributed by atoms with Crippen LogP contribution in [0.5, 0.6) is 0 Å². The van der Waals surface area contributed by atoms with E-state index in [2.05, 4.69) is 5.32 Å². The number of esters is 2. The highest BCUT2D eigenvalue weighted by Gasteiger charge is 2.56. The summed E-state index contributed by atoms with van der Waals surface area (Å²) in [6.07, 6.45) is 0. The molecule has 0 spiro atoms. The zero-order valence-corrected chi connectivity index (χ0v) is 18.6. The Morgan fingerprint density at radius 2 is 1.09 bits per heavy atom. The molecule has 3 rings (SSSR count). The Morgan fingerprint density at radius 1 is 0.765 bits per heavy atom. The summed E-state index contributed by atoms with van der Waals surface area (Å²) in [5, 5.41) is 21.2. The van der Waals surface area contributed by atoms with Gasteiger partial charge >= 0.3 is 11.9 Å². The highest BCUT2D eigenvalue weighted by molar-refractivity contribution is 7.94. The molecule has 0 saturated carbocycles. The van der Waals surface area contributed by atoms with E-state index in [0.717, 1.165) is 38.5 Å². The van der Waals surface area contributed by atoms with Gasteiger partial charge in [-0.3, -0.25) is 35.1 Å². The smallest absolute Gasteiger partial charge is 0.326 e. The molecule has 0 aromatic heterocycles. The van der Waals surface area contributed by atoms with Crippen molar-refractivity contribution in [2.24, 2.45) is 0 Å². The number of sulfone groups is 1. The lowest BCUT2D eigenvalue weighted by Crippen LogP contribution is -2.59. The van der Waals surface area contributed by atoms with E-state index < -0.39 is 54.2 Å². The van der Waals surface area contributed by atoms with Gasteiger partial charge < -0.3 is 9.47 Å². The number of nitro benzene ring substituents is 2. The van der Waals surface area contributed by atoms with Crippen molar-refractivity contribution in [3.8, 4) is 0 Å². The first-order valence-electron chi connectivity index (χ1n) is 9.66. The summed E-state index contributed by atoms with van der Waals surface area (Å²) in [5.74, 6) is -2.29. The summed E-state index contributed by atoms with van der Waals surface area (Å²) in [5.41, 5.74) is -0.0904. The quantitative estimate of drug-likeness (QED) is 0.348. The molecule has 14 heteroatoms. The second-order valence-electron chi connectivity index (χ2n) is 7.30. The Hall–Kier alpha value is -3.91. The number of nitrogens with one attached hydrogen (secondary N) is 1. The lowest BCUT2D eigenvalue weighted by molar-refractivity contribution is -0.385. The van der Waals surface area contributed by atoms with Gasteiger partial charge in [-0.25, -0.2) is 8.42 Å². The maximum atomic E-state index is 13.6. The fraction of sp³-hybridized carbons (Fsp3) is 0.300. The van der Waals surface area contributed by atoms with Crippen molar-refractivity contribution in [1.82, 2.24) is 5.32 Å². The van der Waals surface area contributed by atoms with E-state index in [1.54, 1.807) is 0 Å². The van der Waals surface area contributed by atoms with Gasteiger partial charge in [0.15, 0.2) is 20.3 Å². The van der Waals surface area contributed by atoms with E-state index >= 15 is 0 Å². The van der Waals surface area contributed by atoms with Crippen LogP contribution >= 0.6 is 0 Å². The summed E-state index contributed by atoms with van der Waals surface area (Å²) in [6.45, 7) is 0. The summed E-state index contributed by atoms with van der Waals surface area (Å²) in [4.78, 5) is 45.9. The number of carbonyl (C=O) groups is 2. The van der Waals surface area contributed by atoms with Gasteiger partial charge in [0.2, 0.25) is 0 Å². The van der Waals surface area contributed by atoms with E-state index in [-0.39, 0.29) is 22.5 Å². The van der Waals surface area contributed by atoms with Crippen LogP contribution in [0.1, 0.15) is 23.2 Å². The van der Waals surface area contributed by atoms with E-state index in [4.69, 9.17) is 9.47 Å². The Labute approximate surface area is 192 Å². The van der Waals surface area contributed by atoms with E-state index in [9.17, 15) is 38.2 Å². The van der Waals surface area contributed by atoms with Gasteiger partial charge in [0.1, 0.15) is 0 Å². The summed E-state index contributed by atoms with van der Waals surface area (Å²) in [6, 6.07) is 7.18. The zero-order valence-electron chi connectivity index (χ0n) is 17.8. The largest absolute Gasteiger partial charge is 0.468 e. The Balaban J connectivity index is 2.18. The number of methoxy groups -OCH3 is 2. The van der Waals surface area contributed by atoms with Gasteiger partial charge in [0.05, 0.1) is 36.1 Å². The Kier molecular flexibility index (Phi) is 6.93. The second-order valence-corrected chi connectivity index (χ2v) is 9.49. The second kappa shape index (κ2) is 9.52. The fourth-order valence-electron chi connectivity index (χ4n) is 3.83. The molecule has 0 unspecified atom stereocenters. The standard InChI is InChI=1S/C20H19N3O10S/c1-32-19(24)17-15(11-3-7-13(8-4-11)22(26)27)21-16(18(20(25)33-2)34(17,30)31)12-5-9-14(10-6-12)23(28)29/h3-10,15-18,21H,1-2H3/t15-,16-,17-,18-/m0/s1. The third-order valence-corrected chi connectivity index (χ3v) is 7.81. The molecular formula is C20H19N3O10S. The molecule has 4 atom stereocenters. The average molecular weight is 493 g/mol. The molecule has 2 aromatic carbocycles. The van der Waals surface area contributed by atoms with Crippen LogP contribution in [0.2, 0.25) is 0 Å². The third-order valence-electron chi connectivity index (χ3n) is 5.47. The number of rotatable bonds is 6. The van der Waals surface area contributed by atoms with Crippen molar-refractivity contribution in [2.45, 2.75) is 22.6 Å². The van der Waals surface area contributed by atoms with E-state index in [1.165, 1.54) is 24.3 Å². The van der Waals surface area contributed by atoms with Gasteiger partial charge in [-0.2, -0.15) is 0 Å². The number of hydrogen-bond acceptors (Lipinski definition) is 11. The topological polar surface area (TPSA) is 185 Å². The van der Waals surface area contributed by atoms with Crippen LogP contribution < -0.4 is 5.32 Å². The molecule has 1 fully saturated rings. The van der Waals surface area contributed by atoms with Crippen molar-refractivity contribution >= 4 is 33.2 Å². The first-order chi connectivity index (χ1) is 16.0. The third kappa shape index (κ3) is 4.45. The van der Waals surface area contributed by atoms with Gasteiger partial charge in [0.25, 0.3) is 11.4 Å². The lowest BCUT2D eigenvalue weighted by Gasteiger charge is -2.40. The number of hydrogen-bond donors (Lipinski definition) is 1. The van der Waals surface area contributed by atoms with Crippen molar-refractivity contribution in [3.05, 3.63) is 79.9 Å². The van der Waals surface area contributed by atoms with Gasteiger partial charge in [-0.15, -0.1) is 0 Å². The SMILES string of the molecule is COC(=O)[C@@H]1[C@H](c2ccc([N+](=O)[O-])cc2)N[C@@H](c2ccc([N+](=O)[O-])cc2)[C@@H](C(=O)OC)S1(=O)=O. The molecule has 1 N–H and O–H groups in total. The summed E-state index contributed by atoms with van der Waals surface area (Å²) >= 11 is 0. The Morgan fingerprint density at radius 3 is 1.35 bits per heavy atom. The molecule has 0 radical (unpaired) electrons. The fourth-order valence-corrected chi connectivity index (χ4v) is 6.10. The Bertz CT molecular complexity index is 1140. The lowest BCUT2D eigenvalue weighted by atomic mass is 9.96. The van der Waals surface area contributed by atoms with Crippen LogP contribution in [0.4, 0.5) is 11.4 Å². The summed E-state index contributed by atoms with van der Waals surface area (Å²) < 4.78 is 36.5.